The van der Waals surface area contributed by atoms with E-state index in [2.05, 4.69) is 10.6 Å². The average Bonchev–Trinajstić information content (AvgIpc) is 2.95. The van der Waals surface area contributed by atoms with Gasteiger partial charge in [0, 0.05) is 12.5 Å². The molecule has 1 saturated heterocycles. The predicted molar refractivity (Wildman–Crippen MR) is 124 cm³/mol. The van der Waals surface area contributed by atoms with Crippen LogP contribution in [0.2, 0.25) is 0 Å². The molecule has 2 N–H and O–H groups in total. The molecule has 1 fully saturated rings. The Morgan fingerprint density at radius 2 is 1.82 bits per heavy atom. The Morgan fingerprint density at radius 3 is 2.53 bits per heavy atom. The highest BCUT2D eigenvalue weighted by Crippen LogP contribution is 2.35. The molecule has 0 spiro atoms. The molecule has 0 bridgehead atoms. The Morgan fingerprint density at radius 1 is 1.12 bits per heavy atom. The second-order valence-electron chi connectivity index (χ2n) is 8.72. The molecule has 2 aromatic rings. The lowest BCUT2D eigenvalue weighted by molar-refractivity contribution is -0.135. The number of anilines is 2. The number of rotatable bonds is 6. The number of unbranched alkanes of at least 4 members (excludes halogenated alkanes) is 1. The number of urea groups is 1. The van der Waals surface area contributed by atoms with Gasteiger partial charge in [-0.05, 0) is 43.2 Å². The lowest BCUT2D eigenvalue weighted by Crippen LogP contribution is -2.48. The van der Waals surface area contributed by atoms with Gasteiger partial charge in [-0.2, -0.15) is 0 Å². The summed E-state index contributed by atoms with van der Waals surface area (Å²) in [6, 6.07) is 11.2. The van der Waals surface area contributed by atoms with Crippen LogP contribution in [0.5, 0.6) is 0 Å². The van der Waals surface area contributed by atoms with Crippen LogP contribution in [0.4, 0.5) is 20.6 Å². The molecule has 0 radical (unpaired) electrons. The quantitative estimate of drug-likeness (QED) is 0.637. The number of nitrogens with one attached hydrogen (secondary N) is 2. The molecule has 5 amide bonds. The van der Waals surface area contributed by atoms with E-state index in [1.54, 1.807) is 31.2 Å². The van der Waals surface area contributed by atoms with Gasteiger partial charge in [0.2, 0.25) is 11.8 Å². The minimum Gasteiger partial charge on any atom is -0.324 e. The molecule has 2 heterocycles. The van der Waals surface area contributed by atoms with Crippen LogP contribution in [0.3, 0.4) is 0 Å². The molecule has 0 saturated carbocycles. The van der Waals surface area contributed by atoms with Gasteiger partial charge in [0.05, 0.1) is 11.4 Å². The summed E-state index contributed by atoms with van der Waals surface area (Å²) in [4.78, 5) is 54.6. The van der Waals surface area contributed by atoms with Crippen molar-refractivity contribution in [1.82, 2.24) is 10.2 Å². The molecule has 0 aromatic heterocycles. The van der Waals surface area contributed by atoms with Crippen LogP contribution in [0, 0.1) is 5.82 Å². The van der Waals surface area contributed by atoms with Crippen molar-refractivity contribution in [3.05, 3.63) is 59.9 Å². The Kier molecular flexibility index (Phi) is 6.37. The van der Waals surface area contributed by atoms with Gasteiger partial charge in [-0.1, -0.05) is 44.0 Å². The van der Waals surface area contributed by atoms with E-state index in [1.165, 1.54) is 29.2 Å². The summed E-state index contributed by atoms with van der Waals surface area (Å²) in [5.41, 5.74) is 0.111. The van der Waals surface area contributed by atoms with Crippen molar-refractivity contribution in [3.63, 3.8) is 0 Å². The zero-order chi connectivity index (χ0) is 24.5. The summed E-state index contributed by atoms with van der Waals surface area (Å²) in [5, 5.41) is 5.56. The molecule has 0 unspecified atom stereocenters. The molecule has 0 aliphatic carbocycles. The number of fused-ring (bicyclic) bond motifs is 1. The molecule has 4 rings (SSSR count). The topological polar surface area (TPSA) is 98.8 Å². The number of hydrogen-bond donors (Lipinski definition) is 2. The second-order valence-corrected chi connectivity index (χ2v) is 8.72. The minimum atomic E-state index is -1.36. The molecule has 2 aliphatic rings. The van der Waals surface area contributed by atoms with Crippen LogP contribution in [-0.2, 0) is 19.9 Å². The molecule has 9 heteroatoms. The SMILES string of the molecule is CCCC[C@@]1(c2ccc(F)cc2)NC(=O)N(CC(=O)N2c3ccccc3NC(=O)C[C@@H]2C)C1=O. The van der Waals surface area contributed by atoms with Crippen molar-refractivity contribution in [2.45, 2.75) is 51.1 Å². The van der Waals surface area contributed by atoms with Crippen LogP contribution in [0.25, 0.3) is 0 Å². The van der Waals surface area contributed by atoms with Gasteiger partial charge in [-0.3, -0.25) is 19.3 Å². The van der Waals surface area contributed by atoms with Crippen molar-refractivity contribution in [2.75, 3.05) is 16.8 Å². The first kappa shape index (κ1) is 23.4. The number of para-hydroxylation sites is 2. The molecule has 2 atom stereocenters. The van der Waals surface area contributed by atoms with Gasteiger partial charge < -0.3 is 15.5 Å². The number of nitrogens with zero attached hydrogens (tertiary/aromatic N) is 2. The maximum absolute atomic E-state index is 13.6. The molecular formula is C25H27FN4O4. The van der Waals surface area contributed by atoms with Crippen LogP contribution in [-0.4, -0.2) is 41.2 Å². The number of hydrogen-bond acceptors (Lipinski definition) is 4. The highest BCUT2D eigenvalue weighted by Gasteiger charge is 2.52. The third-order valence-electron chi connectivity index (χ3n) is 6.34. The second kappa shape index (κ2) is 9.24. The zero-order valence-corrected chi connectivity index (χ0v) is 19.1. The smallest absolute Gasteiger partial charge is 0.324 e. The highest BCUT2D eigenvalue weighted by molar-refractivity contribution is 6.12. The fourth-order valence-electron chi connectivity index (χ4n) is 4.63. The number of halogens is 1. The predicted octanol–water partition coefficient (Wildman–Crippen LogP) is 3.53. The number of carbonyl (C=O) groups excluding carboxylic acids is 4. The summed E-state index contributed by atoms with van der Waals surface area (Å²) in [5.74, 6) is -1.70. The lowest BCUT2D eigenvalue weighted by atomic mass is 9.85. The van der Waals surface area contributed by atoms with Gasteiger partial charge in [0.1, 0.15) is 17.9 Å². The van der Waals surface area contributed by atoms with Gasteiger partial charge in [0.25, 0.3) is 5.91 Å². The fraction of sp³-hybridized carbons (Fsp3) is 0.360. The minimum absolute atomic E-state index is 0.0799. The monoisotopic (exact) mass is 466 g/mol. The summed E-state index contributed by atoms with van der Waals surface area (Å²) in [6.07, 6.45) is 1.84. The highest BCUT2D eigenvalue weighted by atomic mass is 19.1. The summed E-state index contributed by atoms with van der Waals surface area (Å²) in [6.45, 7) is 3.23. The maximum Gasteiger partial charge on any atom is 0.325 e. The number of imide groups is 1. The van der Waals surface area contributed by atoms with Crippen molar-refractivity contribution in [2.24, 2.45) is 0 Å². The average molecular weight is 467 g/mol. The number of carbonyl (C=O) groups is 4. The first-order valence-corrected chi connectivity index (χ1v) is 11.4. The Balaban J connectivity index is 1.64. The molecule has 178 valence electrons. The third kappa shape index (κ3) is 4.13. The zero-order valence-electron chi connectivity index (χ0n) is 19.1. The van der Waals surface area contributed by atoms with Gasteiger partial charge in [0.15, 0.2) is 0 Å². The van der Waals surface area contributed by atoms with E-state index in [1.807, 2.05) is 6.92 Å². The number of amides is 5. The Hall–Kier alpha value is -3.75. The van der Waals surface area contributed by atoms with E-state index in [9.17, 15) is 23.6 Å². The van der Waals surface area contributed by atoms with Gasteiger partial charge in [-0.25, -0.2) is 9.18 Å². The standard InChI is InChI=1S/C25H27FN4O4/c1-3-4-13-25(17-9-11-18(26)12-10-17)23(33)29(24(34)28-25)15-22(32)30-16(2)14-21(31)27-19-7-5-6-8-20(19)30/h5-12,16H,3-4,13-15H2,1-2H3,(H,27,31)(H,28,34)/t16-,25-/m0/s1. The largest absolute Gasteiger partial charge is 0.325 e. The summed E-state index contributed by atoms with van der Waals surface area (Å²) >= 11 is 0. The molecule has 2 aromatic carbocycles. The van der Waals surface area contributed by atoms with Crippen LogP contribution < -0.4 is 15.5 Å². The van der Waals surface area contributed by atoms with E-state index in [-0.39, 0.29) is 12.3 Å². The first-order valence-electron chi connectivity index (χ1n) is 11.4. The summed E-state index contributed by atoms with van der Waals surface area (Å²) in [7, 11) is 0. The Bertz CT molecular complexity index is 1140. The fourth-order valence-corrected chi connectivity index (χ4v) is 4.63. The molecule has 34 heavy (non-hydrogen) atoms. The van der Waals surface area contributed by atoms with E-state index in [0.717, 1.165) is 11.3 Å². The van der Waals surface area contributed by atoms with E-state index < -0.39 is 41.8 Å². The van der Waals surface area contributed by atoms with E-state index in [0.29, 0.717) is 29.8 Å². The van der Waals surface area contributed by atoms with Crippen LogP contribution >= 0.6 is 0 Å². The van der Waals surface area contributed by atoms with Crippen molar-refractivity contribution >= 4 is 35.1 Å². The number of benzene rings is 2. The molecule has 8 nitrogen and oxygen atoms in total. The summed E-state index contributed by atoms with van der Waals surface area (Å²) < 4.78 is 13.5. The third-order valence-corrected chi connectivity index (χ3v) is 6.34. The van der Waals surface area contributed by atoms with Gasteiger partial charge in [-0.15, -0.1) is 0 Å². The first-order chi connectivity index (χ1) is 16.3. The normalized spacial score (nSPS) is 22.2. The Labute approximate surface area is 197 Å². The van der Waals surface area contributed by atoms with Crippen molar-refractivity contribution in [3.8, 4) is 0 Å². The van der Waals surface area contributed by atoms with Crippen LogP contribution in [0.15, 0.2) is 48.5 Å². The molecular weight excluding hydrogens is 439 g/mol. The lowest BCUT2D eigenvalue weighted by Gasteiger charge is -2.30. The van der Waals surface area contributed by atoms with E-state index >= 15 is 0 Å². The van der Waals surface area contributed by atoms with E-state index in [4.69, 9.17) is 0 Å². The van der Waals surface area contributed by atoms with Crippen molar-refractivity contribution in [1.29, 1.82) is 0 Å². The van der Waals surface area contributed by atoms with Crippen LogP contribution in [0.1, 0.15) is 45.1 Å². The van der Waals surface area contributed by atoms with Crippen molar-refractivity contribution < 1.29 is 23.6 Å². The maximum atomic E-state index is 13.6. The van der Waals surface area contributed by atoms with Gasteiger partial charge >= 0.3 is 6.03 Å². The molecule has 2 aliphatic heterocycles.